The van der Waals surface area contributed by atoms with Crippen LogP contribution in [0.1, 0.15) is 12.0 Å². The number of anilines is 2. The molecular weight excluding hydrogens is 260 g/mol. The smallest absolute Gasteiger partial charge is 0.119 e. The summed E-state index contributed by atoms with van der Waals surface area (Å²) in [5.74, 6) is 0.949. The Morgan fingerprint density at radius 2 is 1.81 bits per heavy atom. The molecule has 0 unspecified atom stereocenters. The zero-order chi connectivity index (χ0) is 15.1. The molecule has 3 nitrogen and oxygen atoms in total. The molecule has 3 heteroatoms. The number of nitrogens with one attached hydrogen (secondary N) is 1. The van der Waals surface area contributed by atoms with Gasteiger partial charge in [0.15, 0.2) is 0 Å². The average molecular weight is 284 g/mol. The first-order chi connectivity index (χ1) is 10.1. The van der Waals surface area contributed by atoms with Crippen LogP contribution in [0.15, 0.2) is 48.5 Å². The SMILES string of the molecule is Cc1cccc(OCCCNc2ccc(N(C)C)cc2)c1. The Morgan fingerprint density at radius 1 is 1.05 bits per heavy atom. The summed E-state index contributed by atoms with van der Waals surface area (Å²) in [6.45, 7) is 3.71. The fourth-order valence-electron chi connectivity index (χ4n) is 2.08. The van der Waals surface area contributed by atoms with E-state index >= 15 is 0 Å². The van der Waals surface area contributed by atoms with Crippen LogP contribution in [0.25, 0.3) is 0 Å². The van der Waals surface area contributed by atoms with Crippen LogP contribution >= 0.6 is 0 Å². The molecule has 0 amide bonds. The number of rotatable bonds is 7. The number of hydrogen-bond acceptors (Lipinski definition) is 3. The fraction of sp³-hybridized carbons (Fsp3) is 0.333. The molecule has 0 aliphatic rings. The lowest BCUT2D eigenvalue weighted by Gasteiger charge is -2.13. The molecule has 1 N–H and O–H groups in total. The number of ether oxygens (including phenoxy) is 1. The molecule has 0 aliphatic heterocycles. The molecule has 0 radical (unpaired) electrons. The predicted octanol–water partition coefficient (Wildman–Crippen LogP) is 3.94. The van der Waals surface area contributed by atoms with Gasteiger partial charge in [-0.25, -0.2) is 0 Å². The Balaban J connectivity index is 1.67. The van der Waals surface area contributed by atoms with Gasteiger partial charge in [0.05, 0.1) is 6.61 Å². The van der Waals surface area contributed by atoms with Crippen molar-refractivity contribution in [2.75, 3.05) is 37.5 Å². The van der Waals surface area contributed by atoms with Gasteiger partial charge in [-0.15, -0.1) is 0 Å². The summed E-state index contributed by atoms with van der Waals surface area (Å²) >= 11 is 0. The third-order valence-corrected chi connectivity index (χ3v) is 3.29. The zero-order valence-corrected chi connectivity index (χ0v) is 13.1. The van der Waals surface area contributed by atoms with Crippen molar-refractivity contribution in [2.45, 2.75) is 13.3 Å². The van der Waals surface area contributed by atoms with Crippen LogP contribution in [0.3, 0.4) is 0 Å². The molecule has 0 saturated carbocycles. The molecule has 0 bridgehead atoms. The Morgan fingerprint density at radius 3 is 2.48 bits per heavy atom. The van der Waals surface area contributed by atoms with Gasteiger partial charge < -0.3 is 15.0 Å². The highest BCUT2D eigenvalue weighted by Gasteiger charge is 1.97. The molecule has 21 heavy (non-hydrogen) atoms. The van der Waals surface area contributed by atoms with Gasteiger partial charge in [-0.2, -0.15) is 0 Å². The molecule has 0 spiro atoms. The third kappa shape index (κ3) is 5.03. The van der Waals surface area contributed by atoms with Crippen LogP contribution in [0.2, 0.25) is 0 Å². The summed E-state index contributed by atoms with van der Waals surface area (Å²) < 4.78 is 5.73. The maximum Gasteiger partial charge on any atom is 0.119 e. The minimum atomic E-state index is 0.728. The first kappa shape index (κ1) is 15.2. The van der Waals surface area contributed by atoms with Crippen LogP contribution in [0.4, 0.5) is 11.4 Å². The minimum absolute atomic E-state index is 0.728. The van der Waals surface area contributed by atoms with Crippen molar-refractivity contribution in [2.24, 2.45) is 0 Å². The highest BCUT2D eigenvalue weighted by Crippen LogP contribution is 2.16. The van der Waals surface area contributed by atoms with Crippen molar-refractivity contribution < 1.29 is 4.74 Å². The molecule has 0 saturated heterocycles. The Labute approximate surface area is 127 Å². The van der Waals surface area contributed by atoms with Crippen molar-refractivity contribution in [1.82, 2.24) is 0 Å². The molecule has 2 rings (SSSR count). The van der Waals surface area contributed by atoms with Gasteiger partial charge in [-0.05, 0) is 55.3 Å². The van der Waals surface area contributed by atoms with E-state index in [4.69, 9.17) is 4.74 Å². The van der Waals surface area contributed by atoms with E-state index in [1.165, 1.54) is 11.3 Å². The van der Waals surface area contributed by atoms with Crippen LogP contribution in [-0.2, 0) is 0 Å². The van der Waals surface area contributed by atoms with Crippen molar-refractivity contribution in [3.05, 3.63) is 54.1 Å². The second kappa shape index (κ2) is 7.58. The van der Waals surface area contributed by atoms with Gasteiger partial charge in [0.25, 0.3) is 0 Å². The maximum atomic E-state index is 5.73. The molecule has 0 aliphatic carbocycles. The van der Waals surface area contributed by atoms with E-state index in [9.17, 15) is 0 Å². The van der Waals surface area contributed by atoms with Crippen molar-refractivity contribution >= 4 is 11.4 Å². The van der Waals surface area contributed by atoms with E-state index in [2.05, 4.69) is 53.5 Å². The van der Waals surface area contributed by atoms with E-state index < -0.39 is 0 Å². The molecule has 0 heterocycles. The molecule has 2 aromatic rings. The predicted molar refractivity (Wildman–Crippen MR) is 90.5 cm³/mol. The summed E-state index contributed by atoms with van der Waals surface area (Å²) in [5.41, 5.74) is 3.59. The zero-order valence-electron chi connectivity index (χ0n) is 13.1. The van der Waals surface area contributed by atoms with E-state index in [1.807, 2.05) is 26.2 Å². The number of nitrogens with zero attached hydrogens (tertiary/aromatic N) is 1. The normalized spacial score (nSPS) is 10.2. The van der Waals surface area contributed by atoms with Crippen molar-refractivity contribution in [1.29, 1.82) is 0 Å². The first-order valence-corrected chi connectivity index (χ1v) is 7.36. The maximum absolute atomic E-state index is 5.73. The summed E-state index contributed by atoms with van der Waals surface area (Å²) in [6.07, 6.45) is 0.976. The number of benzene rings is 2. The molecule has 0 fully saturated rings. The Kier molecular flexibility index (Phi) is 5.50. The van der Waals surface area contributed by atoms with Gasteiger partial charge >= 0.3 is 0 Å². The molecule has 112 valence electrons. The van der Waals surface area contributed by atoms with Crippen molar-refractivity contribution in [3.8, 4) is 5.75 Å². The average Bonchev–Trinajstić information content (AvgIpc) is 2.47. The number of aryl methyl sites for hydroxylation is 1. The minimum Gasteiger partial charge on any atom is -0.494 e. The van der Waals surface area contributed by atoms with Crippen LogP contribution in [0, 0.1) is 6.92 Å². The third-order valence-electron chi connectivity index (χ3n) is 3.29. The van der Waals surface area contributed by atoms with E-state index in [-0.39, 0.29) is 0 Å². The highest BCUT2D eigenvalue weighted by atomic mass is 16.5. The Hall–Kier alpha value is -2.16. The topological polar surface area (TPSA) is 24.5 Å². The summed E-state index contributed by atoms with van der Waals surface area (Å²) in [6, 6.07) is 16.6. The summed E-state index contributed by atoms with van der Waals surface area (Å²) in [7, 11) is 4.09. The van der Waals surface area contributed by atoms with Crippen LogP contribution in [0.5, 0.6) is 5.75 Å². The lowest BCUT2D eigenvalue weighted by atomic mass is 10.2. The quantitative estimate of drug-likeness (QED) is 0.779. The summed E-state index contributed by atoms with van der Waals surface area (Å²) in [5, 5.41) is 3.41. The van der Waals surface area contributed by atoms with Crippen molar-refractivity contribution in [3.63, 3.8) is 0 Å². The monoisotopic (exact) mass is 284 g/mol. The largest absolute Gasteiger partial charge is 0.494 e. The highest BCUT2D eigenvalue weighted by molar-refractivity contribution is 5.54. The van der Waals surface area contributed by atoms with E-state index in [0.29, 0.717) is 0 Å². The van der Waals surface area contributed by atoms with Gasteiger partial charge in [0, 0.05) is 32.0 Å². The van der Waals surface area contributed by atoms with Crippen LogP contribution in [-0.4, -0.2) is 27.2 Å². The lowest BCUT2D eigenvalue weighted by molar-refractivity contribution is 0.315. The molecule has 2 aromatic carbocycles. The van der Waals surface area contributed by atoms with E-state index in [0.717, 1.165) is 31.0 Å². The molecule has 0 aromatic heterocycles. The van der Waals surface area contributed by atoms with Crippen LogP contribution < -0.4 is 15.0 Å². The lowest BCUT2D eigenvalue weighted by Crippen LogP contribution is -2.09. The molecular formula is C18H24N2O. The summed E-state index contributed by atoms with van der Waals surface area (Å²) in [4.78, 5) is 2.10. The van der Waals surface area contributed by atoms with Gasteiger partial charge in [-0.1, -0.05) is 12.1 Å². The Bertz CT molecular complexity index is 549. The van der Waals surface area contributed by atoms with Gasteiger partial charge in [0.1, 0.15) is 5.75 Å². The standard InChI is InChI=1S/C18H24N2O/c1-15-6-4-7-18(14-15)21-13-5-12-19-16-8-10-17(11-9-16)20(2)3/h4,6-11,14,19H,5,12-13H2,1-3H3. The fourth-order valence-corrected chi connectivity index (χ4v) is 2.08. The molecule has 0 atom stereocenters. The van der Waals surface area contributed by atoms with E-state index in [1.54, 1.807) is 0 Å². The van der Waals surface area contributed by atoms with Gasteiger partial charge in [-0.3, -0.25) is 0 Å². The second-order valence-corrected chi connectivity index (χ2v) is 5.39. The van der Waals surface area contributed by atoms with Gasteiger partial charge in [0.2, 0.25) is 0 Å². The second-order valence-electron chi connectivity index (χ2n) is 5.39. The first-order valence-electron chi connectivity index (χ1n) is 7.36. The number of hydrogen-bond donors (Lipinski definition) is 1.